The van der Waals surface area contributed by atoms with E-state index in [2.05, 4.69) is 10.6 Å². The summed E-state index contributed by atoms with van der Waals surface area (Å²) in [4.78, 5) is 9.95. The average Bonchev–Trinajstić information content (AvgIpc) is 3.32. The highest BCUT2D eigenvalue weighted by Crippen LogP contribution is 2.36. The van der Waals surface area contributed by atoms with E-state index in [1.54, 1.807) is 30.3 Å². The Labute approximate surface area is 197 Å². The number of fused-ring (bicyclic) bond motifs is 1. The van der Waals surface area contributed by atoms with E-state index in [9.17, 15) is 14.3 Å². The van der Waals surface area contributed by atoms with Gasteiger partial charge >= 0.3 is 0 Å². The topological polar surface area (TPSA) is 91.9 Å². The number of nitrogens with one attached hydrogen (secondary N) is 2. The molecule has 0 spiro atoms. The largest absolute Gasteiger partial charge is 0.530 e. The number of anilines is 1. The van der Waals surface area contributed by atoms with Crippen LogP contribution in [0.1, 0.15) is 17.9 Å². The quantitative estimate of drug-likeness (QED) is 0.596. The number of ether oxygens (including phenoxy) is 3. The molecule has 2 aliphatic rings. The Kier molecular flexibility index (Phi) is 7.83. The monoisotopic (exact) mass is 465 g/mol. The maximum atomic E-state index is 13.2. The molecule has 3 aromatic rings. The van der Waals surface area contributed by atoms with Gasteiger partial charge in [0.1, 0.15) is 17.7 Å². The number of rotatable bonds is 5. The zero-order chi connectivity index (χ0) is 23.8. The Hall–Kier alpha value is -3.78. The van der Waals surface area contributed by atoms with E-state index in [1.807, 2.05) is 30.3 Å². The molecule has 0 radical (unpaired) electrons. The zero-order valence-electron chi connectivity index (χ0n) is 18.5. The first kappa shape index (κ1) is 23.4. The van der Waals surface area contributed by atoms with E-state index in [0.29, 0.717) is 24.1 Å². The molecular weight excluding hydrogens is 439 g/mol. The summed E-state index contributed by atoms with van der Waals surface area (Å²) in [6, 6.07) is 21.1. The normalized spacial score (nSPS) is 18.4. The van der Waals surface area contributed by atoms with Crippen LogP contribution >= 0.6 is 0 Å². The molecule has 0 saturated carbocycles. The molecule has 8 heteroatoms. The first-order valence-corrected chi connectivity index (χ1v) is 11.1. The lowest BCUT2D eigenvalue weighted by Gasteiger charge is -2.32. The Morgan fingerprint density at radius 1 is 1.06 bits per heavy atom. The minimum Gasteiger partial charge on any atom is -0.530 e. The van der Waals surface area contributed by atoms with Crippen molar-refractivity contribution in [2.24, 2.45) is 5.92 Å². The Morgan fingerprint density at radius 2 is 1.82 bits per heavy atom. The number of hydrogen-bond acceptors (Lipinski definition) is 6. The maximum absolute atomic E-state index is 13.2. The standard InChI is InChI=1S/C19H20FNO3.C7H7NO2/c20-15-3-1-13(2-4-15)17-7-8-21-10-14(17)11-22-16-5-6-18-19(9-16)24-12-23-18;9-7(10)8-6-4-2-1-3-5-6/h1-6,9,14,17,21H,7-8,10-12H2;1-5,8H,(H,9,10)/p-1/t14-,17-;/m0./s1. The van der Waals surface area contributed by atoms with Crippen LogP contribution in [0.25, 0.3) is 0 Å². The Morgan fingerprint density at radius 3 is 2.59 bits per heavy atom. The smallest absolute Gasteiger partial charge is 0.231 e. The van der Waals surface area contributed by atoms with Gasteiger partial charge in [-0.05, 0) is 60.8 Å². The van der Waals surface area contributed by atoms with Gasteiger partial charge in [-0.1, -0.05) is 30.3 Å². The molecule has 2 heterocycles. The van der Waals surface area contributed by atoms with Gasteiger partial charge in [0.15, 0.2) is 11.5 Å². The molecule has 1 amide bonds. The molecular formula is C26H26FN2O5-. The van der Waals surface area contributed by atoms with Gasteiger partial charge in [-0.3, -0.25) is 0 Å². The molecule has 2 N–H and O–H groups in total. The van der Waals surface area contributed by atoms with Gasteiger partial charge in [0.25, 0.3) is 0 Å². The molecule has 1 fully saturated rings. The number of hydrogen-bond donors (Lipinski definition) is 2. The number of para-hydroxylation sites is 1. The molecule has 0 aliphatic carbocycles. The Bertz CT molecular complexity index is 1080. The van der Waals surface area contributed by atoms with Crippen LogP contribution in [0.4, 0.5) is 14.9 Å². The molecule has 34 heavy (non-hydrogen) atoms. The summed E-state index contributed by atoms with van der Waals surface area (Å²) in [6.07, 6.45) is -0.257. The van der Waals surface area contributed by atoms with Gasteiger partial charge < -0.3 is 34.7 Å². The van der Waals surface area contributed by atoms with Crippen LogP contribution in [0, 0.1) is 11.7 Å². The Balaban J connectivity index is 0.000000231. The second-order valence-corrected chi connectivity index (χ2v) is 8.02. The van der Waals surface area contributed by atoms with Crippen LogP contribution in [-0.4, -0.2) is 32.6 Å². The third-order valence-corrected chi connectivity index (χ3v) is 5.73. The van der Waals surface area contributed by atoms with Gasteiger partial charge in [-0.25, -0.2) is 4.39 Å². The minimum atomic E-state index is -1.29. The molecule has 0 unspecified atom stereocenters. The molecule has 0 bridgehead atoms. The molecule has 2 aliphatic heterocycles. The summed E-state index contributed by atoms with van der Waals surface area (Å²) < 4.78 is 29.9. The van der Waals surface area contributed by atoms with Crippen molar-refractivity contribution in [3.05, 3.63) is 84.2 Å². The predicted octanol–water partition coefficient (Wildman–Crippen LogP) is 3.77. The van der Waals surface area contributed by atoms with E-state index < -0.39 is 6.09 Å². The highest BCUT2D eigenvalue weighted by Gasteiger charge is 2.27. The fourth-order valence-electron chi connectivity index (χ4n) is 4.06. The summed E-state index contributed by atoms with van der Waals surface area (Å²) in [5.41, 5.74) is 1.71. The van der Waals surface area contributed by atoms with E-state index in [1.165, 1.54) is 17.7 Å². The van der Waals surface area contributed by atoms with Crippen LogP contribution in [0.3, 0.4) is 0 Å². The predicted molar refractivity (Wildman–Crippen MR) is 124 cm³/mol. The fourth-order valence-corrected chi connectivity index (χ4v) is 4.06. The first-order valence-electron chi connectivity index (χ1n) is 11.1. The minimum absolute atomic E-state index is 0.194. The van der Waals surface area contributed by atoms with Gasteiger partial charge in [-0.15, -0.1) is 0 Å². The van der Waals surface area contributed by atoms with Crippen LogP contribution in [-0.2, 0) is 0 Å². The second-order valence-electron chi connectivity index (χ2n) is 8.02. The van der Waals surface area contributed by atoms with Crippen molar-refractivity contribution < 1.29 is 28.5 Å². The van der Waals surface area contributed by atoms with E-state index in [0.717, 1.165) is 36.8 Å². The van der Waals surface area contributed by atoms with Crippen LogP contribution in [0.2, 0.25) is 0 Å². The third kappa shape index (κ3) is 6.39. The molecule has 2 atom stereocenters. The van der Waals surface area contributed by atoms with Gasteiger partial charge in [0, 0.05) is 24.2 Å². The number of carboxylic acid groups (broad SMARTS) is 1. The van der Waals surface area contributed by atoms with E-state index in [-0.39, 0.29) is 12.6 Å². The molecule has 178 valence electrons. The lowest BCUT2D eigenvalue weighted by Crippen LogP contribution is -2.38. The number of carbonyl (C=O) groups excluding carboxylic acids is 1. The number of benzene rings is 3. The maximum Gasteiger partial charge on any atom is 0.231 e. The van der Waals surface area contributed by atoms with Crippen LogP contribution < -0.4 is 30.0 Å². The lowest BCUT2D eigenvalue weighted by molar-refractivity contribution is -0.242. The number of amides is 1. The first-order chi connectivity index (χ1) is 16.6. The van der Waals surface area contributed by atoms with E-state index in [4.69, 9.17) is 14.2 Å². The molecule has 3 aromatic carbocycles. The van der Waals surface area contributed by atoms with Gasteiger partial charge in [0.05, 0.1) is 6.61 Å². The summed E-state index contributed by atoms with van der Waals surface area (Å²) in [5, 5.41) is 15.5. The van der Waals surface area contributed by atoms with Gasteiger partial charge in [0.2, 0.25) is 6.79 Å². The van der Waals surface area contributed by atoms with Crippen molar-refractivity contribution in [2.45, 2.75) is 12.3 Å². The zero-order valence-corrected chi connectivity index (χ0v) is 18.5. The molecule has 1 saturated heterocycles. The van der Waals surface area contributed by atoms with Crippen molar-refractivity contribution in [2.75, 3.05) is 31.8 Å². The lowest BCUT2D eigenvalue weighted by atomic mass is 9.81. The summed E-state index contributed by atoms with van der Waals surface area (Å²) in [6.45, 7) is 2.74. The van der Waals surface area contributed by atoms with Crippen LogP contribution in [0.5, 0.6) is 17.2 Å². The third-order valence-electron chi connectivity index (χ3n) is 5.73. The van der Waals surface area contributed by atoms with Crippen molar-refractivity contribution >= 4 is 11.8 Å². The van der Waals surface area contributed by atoms with Crippen molar-refractivity contribution in [1.29, 1.82) is 0 Å². The average molecular weight is 466 g/mol. The van der Waals surface area contributed by atoms with E-state index >= 15 is 0 Å². The van der Waals surface area contributed by atoms with Crippen molar-refractivity contribution in [3.63, 3.8) is 0 Å². The summed E-state index contributed by atoms with van der Waals surface area (Å²) in [5.74, 6) is 2.79. The fraction of sp³-hybridized carbons (Fsp3) is 0.269. The van der Waals surface area contributed by atoms with Gasteiger partial charge in [-0.2, -0.15) is 0 Å². The SMILES string of the molecule is Fc1ccc([C@@H]2CCNC[C@H]2COc2ccc3c(c2)OCO3)cc1.O=C([O-])Nc1ccccc1. The summed E-state index contributed by atoms with van der Waals surface area (Å²) in [7, 11) is 0. The highest BCUT2D eigenvalue weighted by molar-refractivity contribution is 5.80. The van der Waals surface area contributed by atoms with Crippen LogP contribution in [0.15, 0.2) is 72.8 Å². The summed E-state index contributed by atoms with van der Waals surface area (Å²) >= 11 is 0. The van der Waals surface area contributed by atoms with Crippen molar-refractivity contribution in [1.82, 2.24) is 5.32 Å². The molecule has 5 rings (SSSR count). The highest BCUT2D eigenvalue weighted by atomic mass is 19.1. The number of halogens is 1. The molecule has 0 aromatic heterocycles. The second kappa shape index (κ2) is 11.4. The number of carbonyl (C=O) groups is 1. The number of piperidine rings is 1. The molecule has 7 nitrogen and oxygen atoms in total. The van der Waals surface area contributed by atoms with Crippen molar-refractivity contribution in [3.8, 4) is 17.2 Å².